The molecule has 2 saturated heterocycles. The van der Waals surface area contributed by atoms with Crippen molar-refractivity contribution >= 4 is 23.2 Å². The van der Waals surface area contributed by atoms with E-state index in [0.717, 1.165) is 37.3 Å². The lowest BCUT2D eigenvalue weighted by Gasteiger charge is -2.27. The highest BCUT2D eigenvalue weighted by Gasteiger charge is 2.42. The zero-order chi connectivity index (χ0) is 13.2. The summed E-state index contributed by atoms with van der Waals surface area (Å²) in [6.45, 7) is 1.64. The van der Waals surface area contributed by atoms with Gasteiger partial charge in [-0.15, -0.1) is 0 Å². The number of benzene rings is 1. The van der Waals surface area contributed by atoms with Gasteiger partial charge in [-0.05, 0) is 43.5 Å². The van der Waals surface area contributed by atoms with Gasteiger partial charge in [0.2, 0.25) is 0 Å². The number of rotatable bonds is 3. The van der Waals surface area contributed by atoms with Crippen molar-refractivity contribution in [3.8, 4) is 0 Å². The molecule has 4 heteroatoms. The molecule has 100 valence electrons. The van der Waals surface area contributed by atoms with Gasteiger partial charge in [0, 0.05) is 13.1 Å². The maximum atomic E-state index is 12.4. The van der Waals surface area contributed by atoms with Crippen molar-refractivity contribution in [3.05, 3.63) is 35.9 Å². The number of fused-ring (bicyclic) bond motifs is 1. The Hall–Kier alpha value is -1.42. The minimum absolute atomic E-state index is 0.0250. The molecule has 3 nitrogen and oxygen atoms in total. The second kappa shape index (κ2) is 5.29. The van der Waals surface area contributed by atoms with Crippen molar-refractivity contribution < 1.29 is 4.79 Å². The lowest BCUT2D eigenvalue weighted by molar-refractivity contribution is -0.128. The fourth-order valence-electron chi connectivity index (χ4n) is 2.94. The van der Waals surface area contributed by atoms with Crippen molar-refractivity contribution in [1.29, 1.82) is 0 Å². The first-order valence-electron chi connectivity index (χ1n) is 6.93. The SMILES string of the molecule is O=C1C2CCCCN2C(=S)N1CCc1ccccc1. The molecule has 1 unspecified atom stereocenters. The summed E-state index contributed by atoms with van der Waals surface area (Å²) >= 11 is 5.46. The van der Waals surface area contributed by atoms with Crippen LogP contribution >= 0.6 is 12.2 Å². The molecule has 1 atom stereocenters. The molecule has 2 fully saturated rings. The van der Waals surface area contributed by atoms with Crippen molar-refractivity contribution in [3.63, 3.8) is 0 Å². The van der Waals surface area contributed by atoms with Gasteiger partial charge in [0.1, 0.15) is 6.04 Å². The lowest BCUT2D eigenvalue weighted by atomic mass is 10.0. The minimum Gasteiger partial charge on any atom is -0.337 e. The predicted octanol–water partition coefficient (Wildman–Crippen LogP) is 2.21. The molecule has 0 radical (unpaired) electrons. The van der Waals surface area contributed by atoms with Gasteiger partial charge in [-0.25, -0.2) is 0 Å². The molecule has 0 aromatic heterocycles. The van der Waals surface area contributed by atoms with E-state index in [1.807, 2.05) is 18.2 Å². The highest BCUT2D eigenvalue weighted by molar-refractivity contribution is 7.80. The maximum absolute atomic E-state index is 12.4. The Balaban J connectivity index is 1.68. The fourth-order valence-corrected chi connectivity index (χ4v) is 3.34. The third-order valence-electron chi connectivity index (χ3n) is 4.00. The summed E-state index contributed by atoms with van der Waals surface area (Å²) in [5.41, 5.74) is 1.25. The van der Waals surface area contributed by atoms with Crippen LogP contribution in [0.1, 0.15) is 24.8 Å². The van der Waals surface area contributed by atoms with Crippen molar-refractivity contribution in [1.82, 2.24) is 9.80 Å². The van der Waals surface area contributed by atoms with Crippen LogP contribution in [0, 0.1) is 0 Å². The van der Waals surface area contributed by atoms with Crippen LogP contribution in [0.2, 0.25) is 0 Å². The number of amides is 1. The summed E-state index contributed by atoms with van der Waals surface area (Å²) in [5, 5.41) is 0.741. The largest absolute Gasteiger partial charge is 0.337 e. The second-order valence-electron chi connectivity index (χ2n) is 5.21. The molecule has 2 aliphatic heterocycles. The number of nitrogens with zero attached hydrogens (tertiary/aromatic N) is 2. The number of carbonyl (C=O) groups is 1. The van der Waals surface area contributed by atoms with Gasteiger partial charge in [-0.3, -0.25) is 9.69 Å². The molecule has 1 aromatic rings. The van der Waals surface area contributed by atoms with Crippen molar-refractivity contribution in [2.45, 2.75) is 31.7 Å². The van der Waals surface area contributed by atoms with Gasteiger partial charge in [0.25, 0.3) is 5.91 Å². The Bertz CT molecular complexity index is 464. The monoisotopic (exact) mass is 274 g/mol. The predicted molar refractivity (Wildman–Crippen MR) is 78.8 cm³/mol. The second-order valence-corrected chi connectivity index (χ2v) is 5.58. The number of thiocarbonyl (C=S) groups is 1. The summed E-state index contributed by atoms with van der Waals surface area (Å²) in [6, 6.07) is 10.3. The van der Waals surface area contributed by atoms with Crippen LogP contribution in [0.25, 0.3) is 0 Å². The fraction of sp³-hybridized carbons (Fsp3) is 0.467. The van der Waals surface area contributed by atoms with Crippen LogP contribution in [-0.2, 0) is 11.2 Å². The van der Waals surface area contributed by atoms with E-state index in [1.165, 1.54) is 5.56 Å². The molecule has 2 aliphatic rings. The topological polar surface area (TPSA) is 23.6 Å². The molecule has 0 spiro atoms. The maximum Gasteiger partial charge on any atom is 0.251 e. The quantitative estimate of drug-likeness (QED) is 0.790. The van der Waals surface area contributed by atoms with E-state index in [0.29, 0.717) is 6.54 Å². The summed E-state index contributed by atoms with van der Waals surface area (Å²) in [4.78, 5) is 16.3. The Labute approximate surface area is 119 Å². The van der Waals surface area contributed by atoms with Crippen LogP contribution in [0.15, 0.2) is 30.3 Å². The highest BCUT2D eigenvalue weighted by Crippen LogP contribution is 2.26. The normalized spacial score (nSPS) is 22.8. The Kier molecular flexibility index (Phi) is 3.51. The number of carbonyl (C=O) groups excluding carboxylic acids is 1. The van der Waals surface area contributed by atoms with Crippen molar-refractivity contribution in [2.75, 3.05) is 13.1 Å². The molecule has 0 aliphatic carbocycles. The molecule has 0 saturated carbocycles. The van der Waals surface area contributed by atoms with Gasteiger partial charge >= 0.3 is 0 Å². The Morgan fingerprint density at radius 3 is 2.74 bits per heavy atom. The smallest absolute Gasteiger partial charge is 0.251 e. The first-order chi connectivity index (χ1) is 9.27. The molecule has 0 N–H and O–H groups in total. The van der Waals surface area contributed by atoms with Gasteiger partial charge in [-0.2, -0.15) is 0 Å². The van der Waals surface area contributed by atoms with Crippen LogP contribution in [0.3, 0.4) is 0 Å². The third kappa shape index (κ3) is 2.37. The Morgan fingerprint density at radius 2 is 2.00 bits per heavy atom. The summed E-state index contributed by atoms with van der Waals surface area (Å²) in [6.07, 6.45) is 4.12. The molecular weight excluding hydrogens is 256 g/mol. The third-order valence-corrected chi connectivity index (χ3v) is 4.45. The van der Waals surface area contributed by atoms with E-state index in [2.05, 4.69) is 17.0 Å². The lowest BCUT2D eigenvalue weighted by Crippen LogP contribution is -2.38. The Morgan fingerprint density at radius 1 is 1.21 bits per heavy atom. The number of hydrogen-bond acceptors (Lipinski definition) is 2. The summed E-state index contributed by atoms with van der Waals surface area (Å²) in [5.74, 6) is 0.209. The van der Waals surface area contributed by atoms with Crippen LogP contribution < -0.4 is 0 Å². The van der Waals surface area contributed by atoms with Crippen LogP contribution in [0.4, 0.5) is 0 Å². The average molecular weight is 274 g/mol. The summed E-state index contributed by atoms with van der Waals surface area (Å²) in [7, 11) is 0. The standard InChI is InChI=1S/C15H18N2OS/c18-14-13-8-4-5-10-16(13)15(19)17(14)11-9-12-6-2-1-3-7-12/h1-3,6-7,13H,4-5,8-11H2. The highest BCUT2D eigenvalue weighted by atomic mass is 32.1. The van der Waals surface area contributed by atoms with Crippen molar-refractivity contribution in [2.24, 2.45) is 0 Å². The van der Waals surface area contributed by atoms with E-state index >= 15 is 0 Å². The van der Waals surface area contributed by atoms with Gasteiger partial charge in [0.05, 0.1) is 0 Å². The molecule has 0 bridgehead atoms. The number of hydrogen-bond donors (Lipinski definition) is 0. The minimum atomic E-state index is 0.0250. The van der Waals surface area contributed by atoms with E-state index in [4.69, 9.17) is 12.2 Å². The molecule has 3 rings (SSSR count). The molecule has 1 amide bonds. The molecule has 19 heavy (non-hydrogen) atoms. The first kappa shape index (κ1) is 12.6. The molecular formula is C15H18N2OS. The van der Waals surface area contributed by atoms with E-state index in [1.54, 1.807) is 4.90 Å². The van der Waals surface area contributed by atoms with Crippen LogP contribution in [-0.4, -0.2) is 40.0 Å². The zero-order valence-electron chi connectivity index (χ0n) is 10.9. The van der Waals surface area contributed by atoms with Crippen LogP contribution in [0.5, 0.6) is 0 Å². The first-order valence-corrected chi connectivity index (χ1v) is 7.34. The van der Waals surface area contributed by atoms with Gasteiger partial charge in [0.15, 0.2) is 5.11 Å². The van der Waals surface area contributed by atoms with Gasteiger partial charge in [-0.1, -0.05) is 30.3 Å². The van der Waals surface area contributed by atoms with Gasteiger partial charge < -0.3 is 4.90 Å². The number of piperidine rings is 1. The van der Waals surface area contributed by atoms with E-state index < -0.39 is 0 Å². The average Bonchev–Trinajstić information content (AvgIpc) is 2.71. The molecule has 1 aromatic carbocycles. The molecule has 2 heterocycles. The van der Waals surface area contributed by atoms with E-state index in [9.17, 15) is 4.79 Å². The summed E-state index contributed by atoms with van der Waals surface area (Å²) < 4.78 is 0. The zero-order valence-corrected chi connectivity index (χ0v) is 11.7. The van der Waals surface area contributed by atoms with E-state index in [-0.39, 0.29) is 11.9 Å².